The lowest BCUT2D eigenvalue weighted by atomic mass is 9.95. The highest BCUT2D eigenvalue weighted by Gasteiger charge is 2.28. The average molecular weight is 289 g/mol. The molecule has 0 amide bonds. The Labute approximate surface area is 123 Å². The normalized spacial score (nSPS) is 19.8. The Bertz CT molecular complexity index is 555. The summed E-state index contributed by atoms with van der Waals surface area (Å²) in [6.45, 7) is 2.01. The molecule has 1 N–H and O–H groups in total. The summed E-state index contributed by atoms with van der Waals surface area (Å²) in [5, 5.41) is 3.85. The molecule has 1 aliphatic rings. The zero-order chi connectivity index (χ0) is 13.8. The second-order valence-corrected chi connectivity index (χ2v) is 5.39. The topological polar surface area (TPSA) is 34.1 Å². The summed E-state index contributed by atoms with van der Waals surface area (Å²) in [5.41, 5.74) is 1.18. The fourth-order valence-electron chi connectivity index (χ4n) is 2.60. The first-order chi connectivity index (χ1) is 9.83. The minimum Gasteiger partial charge on any atom is -0.469 e. The molecular weight excluding hydrogens is 272 g/mol. The van der Waals surface area contributed by atoms with E-state index < -0.39 is 0 Å². The van der Waals surface area contributed by atoms with E-state index in [9.17, 15) is 0 Å². The summed E-state index contributed by atoms with van der Waals surface area (Å²) in [6.07, 6.45) is 1.12. The highest BCUT2D eigenvalue weighted by Crippen LogP contribution is 2.31. The molecule has 1 aliphatic heterocycles. The van der Waals surface area contributed by atoms with Crippen molar-refractivity contribution in [2.45, 2.75) is 12.5 Å². The number of ether oxygens (including phenoxy) is 1. The summed E-state index contributed by atoms with van der Waals surface area (Å²) in [5.74, 6) is 1.04. The Morgan fingerprint density at radius 2 is 2.00 bits per heavy atom. The van der Waals surface area contributed by atoms with Gasteiger partial charge in [0.05, 0.1) is 0 Å². The van der Waals surface area contributed by atoms with Crippen molar-refractivity contribution in [3.8, 4) is 5.88 Å². The van der Waals surface area contributed by atoms with Crippen molar-refractivity contribution in [2.24, 2.45) is 5.92 Å². The Morgan fingerprint density at radius 1 is 1.15 bits per heavy atom. The number of rotatable bonds is 4. The van der Waals surface area contributed by atoms with E-state index in [-0.39, 0.29) is 6.10 Å². The minimum atomic E-state index is 0.0113. The van der Waals surface area contributed by atoms with Gasteiger partial charge in [-0.15, -0.1) is 0 Å². The molecule has 2 aromatic rings. The van der Waals surface area contributed by atoms with E-state index in [1.165, 1.54) is 5.56 Å². The largest absolute Gasteiger partial charge is 0.469 e. The van der Waals surface area contributed by atoms with Gasteiger partial charge >= 0.3 is 0 Å². The molecular formula is C16H17ClN2O. The quantitative estimate of drug-likeness (QED) is 0.875. The molecule has 3 rings (SSSR count). The molecule has 20 heavy (non-hydrogen) atoms. The lowest BCUT2D eigenvalue weighted by molar-refractivity contribution is 0.138. The van der Waals surface area contributed by atoms with Gasteiger partial charge in [0.25, 0.3) is 0 Å². The first kappa shape index (κ1) is 13.4. The van der Waals surface area contributed by atoms with E-state index in [1.54, 1.807) is 6.07 Å². The first-order valence-electron chi connectivity index (χ1n) is 6.88. The van der Waals surface area contributed by atoms with Gasteiger partial charge in [-0.2, -0.15) is 0 Å². The van der Waals surface area contributed by atoms with Crippen LogP contribution in [0.2, 0.25) is 5.15 Å². The van der Waals surface area contributed by atoms with Crippen molar-refractivity contribution in [2.75, 3.05) is 13.1 Å². The number of pyridine rings is 1. The standard InChI is InChI=1S/C16H17ClN2O/c17-14-7-4-8-15(19-14)20-16(13-9-10-18-11-13)12-5-2-1-3-6-12/h1-8,13,16,18H,9-11H2/t13-,16-/m0/s1. The van der Waals surface area contributed by atoms with Crippen molar-refractivity contribution in [3.05, 3.63) is 59.2 Å². The van der Waals surface area contributed by atoms with Crippen molar-refractivity contribution >= 4 is 11.6 Å². The van der Waals surface area contributed by atoms with Crippen molar-refractivity contribution in [3.63, 3.8) is 0 Å². The van der Waals surface area contributed by atoms with Crippen LogP contribution < -0.4 is 10.1 Å². The van der Waals surface area contributed by atoms with Crippen LogP contribution in [0.5, 0.6) is 5.88 Å². The van der Waals surface area contributed by atoms with E-state index in [2.05, 4.69) is 22.4 Å². The van der Waals surface area contributed by atoms with Crippen LogP contribution in [0.1, 0.15) is 18.1 Å². The molecule has 2 heterocycles. The van der Waals surface area contributed by atoms with Gasteiger partial charge in [0, 0.05) is 18.5 Å². The molecule has 104 valence electrons. The van der Waals surface area contributed by atoms with Gasteiger partial charge in [-0.05, 0) is 24.6 Å². The van der Waals surface area contributed by atoms with Gasteiger partial charge in [-0.25, -0.2) is 4.98 Å². The third-order valence-corrected chi connectivity index (χ3v) is 3.80. The summed E-state index contributed by atoms with van der Waals surface area (Å²) in [6, 6.07) is 15.8. The van der Waals surface area contributed by atoms with E-state index >= 15 is 0 Å². The molecule has 1 fully saturated rings. The lowest BCUT2D eigenvalue weighted by Crippen LogP contribution is -2.21. The smallest absolute Gasteiger partial charge is 0.215 e. The number of benzene rings is 1. The Balaban J connectivity index is 1.85. The maximum absolute atomic E-state index is 6.13. The van der Waals surface area contributed by atoms with Crippen molar-refractivity contribution < 1.29 is 4.74 Å². The third-order valence-electron chi connectivity index (χ3n) is 3.59. The average Bonchev–Trinajstić information content (AvgIpc) is 3.00. The Hall–Kier alpha value is -1.58. The molecule has 1 saturated heterocycles. The van der Waals surface area contributed by atoms with Gasteiger partial charge in [0.15, 0.2) is 0 Å². The molecule has 1 aromatic carbocycles. The summed E-state index contributed by atoms with van der Waals surface area (Å²) in [7, 11) is 0. The van der Waals surface area contributed by atoms with Gasteiger partial charge < -0.3 is 10.1 Å². The van der Waals surface area contributed by atoms with E-state index in [4.69, 9.17) is 16.3 Å². The summed E-state index contributed by atoms with van der Waals surface area (Å²) >= 11 is 5.93. The molecule has 3 nitrogen and oxygen atoms in total. The molecule has 0 spiro atoms. The minimum absolute atomic E-state index is 0.0113. The van der Waals surface area contributed by atoms with Crippen LogP contribution in [0.3, 0.4) is 0 Å². The molecule has 0 radical (unpaired) electrons. The number of hydrogen-bond donors (Lipinski definition) is 1. The molecule has 4 heteroatoms. The molecule has 0 bridgehead atoms. The second kappa shape index (κ2) is 6.25. The number of halogens is 1. The van der Waals surface area contributed by atoms with Crippen molar-refractivity contribution in [1.29, 1.82) is 0 Å². The van der Waals surface area contributed by atoms with Gasteiger partial charge in [-0.1, -0.05) is 48.0 Å². The maximum atomic E-state index is 6.13. The summed E-state index contributed by atoms with van der Waals surface area (Å²) < 4.78 is 6.13. The van der Waals surface area contributed by atoms with Crippen LogP contribution in [0.25, 0.3) is 0 Å². The predicted molar refractivity (Wildman–Crippen MR) is 80.0 cm³/mol. The van der Waals surface area contributed by atoms with Crippen molar-refractivity contribution in [1.82, 2.24) is 10.3 Å². The Kier molecular flexibility index (Phi) is 4.19. The highest BCUT2D eigenvalue weighted by molar-refractivity contribution is 6.29. The summed E-state index contributed by atoms with van der Waals surface area (Å²) in [4.78, 5) is 4.23. The van der Waals surface area contributed by atoms with Crippen LogP contribution in [0.15, 0.2) is 48.5 Å². The molecule has 2 atom stereocenters. The van der Waals surface area contributed by atoms with Crippen LogP contribution in [0.4, 0.5) is 0 Å². The number of nitrogens with zero attached hydrogens (tertiary/aromatic N) is 1. The zero-order valence-electron chi connectivity index (χ0n) is 11.1. The third kappa shape index (κ3) is 3.11. The monoisotopic (exact) mass is 288 g/mol. The van der Waals surface area contributed by atoms with Gasteiger partial charge in [-0.3, -0.25) is 0 Å². The lowest BCUT2D eigenvalue weighted by Gasteiger charge is -2.24. The molecule has 1 aromatic heterocycles. The van der Waals surface area contributed by atoms with E-state index in [0.717, 1.165) is 19.5 Å². The molecule has 0 unspecified atom stereocenters. The van der Waals surface area contributed by atoms with E-state index in [1.807, 2.05) is 30.3 Å². The van der Waals surface area contributed by atoms with Gasteiger partial charge in [0.2, 0.25) is 5.88 Å². The number of aromatic nitrogens is 1. The maximum Gasteiger partial charge on any atom is 0.215 e. The van der Waals surface area contributed by atoms with Crippen LogP contribution in [-0.4, -0.2) is 18.1 Å². The number of nitrogens with one attached hydrogen (secondary N) is 1. The van der Waals surface area contributed by atoms with Crippen LogP contribution in [-0.2, 0) is 0 Å². The number of hydrogen-bond acceptors (Lipinski definition) is 3. The molecule has 0 saturated carbocycles. The van der Waals surface area contributed by atoms with E-state index in [0.29, 0.717) is 17.0 Å². The fraction of sp³-hybridized carbons (Fsp3) is 0.312. The van der Waals surface area contributed by atoms with Gasteiger partial charge in [0.1, 0.15) is 11.3 Å². The Morgan fingerprint density at radius 3 is 2.70 bits per heavy atom. The first-order valence-corrected chi connectivity index (χ1v) is 7.25. The van der Waals surface area contributed by atoms with Crippen LogP contribution in [0, 0.1) is 5.92 Å². The second-order valence-electron chi connectivity index (χ2n) is 5.00. The SMILES string of the molecule is Clc1cccc(O[C@@H](c2ccccc2)[C@H]2CCNC2)n1. The zero-order valence-corrected chi connectivity index (χ0v) is 11.9. The fourth-order valence-corrected chi connectivity index (χ4v) is 2.76. The van der Waals surface area contributed by atoms with Crippen LogP contribution >= 0.6 is 11.6 Å². The predicted octanol–water partition coefficient (Wildman–Crippen LogP) is 3.46. The molecule has 0 aliphatic carbocycles. The highest BCUT2D eigenvalue weighted by atomic mass is 35.5.